The summed E-state index contributed by atoms with van der Waals surface area (Å²) in [7, 11) is 3.95. The molecule has 1 aromatic heterocycles. The number of anilines is 1. The van der Waals surface area contributed by atoms with Gasteiger partial charge in [-0.05, 0) is 18.2 Å². The van der Waals surface area contributed by atoms with Gasteiger partial charge in [-0.25, -0.2) is 4.79 Å². The van der Waals surface area contributed by atoms with Crippen LogP contribution in [0.3, 0.4) is 0 Å². The molecule has 1 aromatic carbocycles. The Morgan fingerprint density at radius 2 is 1.83 bits per heavy atom. The number of carbonyl (C=O) groups is 3. The molecule has 11 nitrogen and oxygen atoms in total. The van der Waals surface area contributed by atoms with Crippen LogP contribution < -0.4 is 27.0 Å². The lowest BCUT2D eigenvalue weighted by Crippen LogP contribution is -2.42. The van der Waals surface area contributed by atoms with E-state index in [1.165, 1.54) is 33.3 Å². The van der Waals surface area contributed by atoms with Crippen LogP contribution in [0.15, 0.2) is 33.9 Å². The summed E-state index contributed by atoms with van der Waals surface area (Å²) in [4.78, 5) is 60.0. The second-order valence-electron chi connectivity index (χ2n) is 5.96. The number of nitrogen functional groups attached to an aromatic ring is 1. The van der Waals surface area contributed by atoms with E-state index in [1.807, 2.05) is 0 Å². The summed E-state index contributed by atoms with van der Waals surface area (Å²) in [5.41, 5.74) is 3.90. The fourth-order valence-corrected chi connectivity index (χ4v) is 2.41. The van der Waals surface area contributed by atoms with E-state index in [-0.39, 0.29) is 11.4 Å². The van der Waals surface area contributed by atoms with Crippen LogP contribution in [0.25, 0.3) is 0 Å². The first-order valence-corrected chi connectivity index (χ1v) is 8.34. The summed E-state index contributed by atoms with van der Waals surface area (Å²) in [6.45, 7) is -1.27. The second kappa shape index (κ2) is 8.87. The average molecular weight is 404 g/mol. The number of rotatable bonds is 7. The van der Waals surface area contributed by atoms with Crippen LogP contribution in [0.2, 0.25) is 0 Å². The van der Waals surface area contributed by atoms with Crippen LogP contribution in [0.5, 0.6) is 5.75 Å². The van der Waals surface area contributed by atoms with Crippen molar-refractivity contribution in [1.82, 2.24) is 14.5 Å². The number of amides is 1. The molecule has 0 fully saturated rings. The van der Waals surface area contributed by atoms with Crippen molar-refractivity contribution in [3.05, 3.63) is 56.2 Å². The minimum absolute atomic E-state index is 0.273. The molecule has 1 heterocycles. The first-order valence-electron chi connectivity index (χ1n) is 8.34. The molecule has 11 heteroatoms. The zero-order chi connectivity index (χ0) is 21.7. The van der Waals surface area contributed by atoms with E-state index < -0.39 is 47.6 Å². The third-order valence-corrected chi connectivity index (χ3v) is 4.08. The molecule has 0 aliphatic rings. The standard InChI is InChI=1S/C18H20N4O7/c1-21-15(19)14(17(26)22(2)18(21)27)12(23)9-29-13(24)8-20-16(25)10-5-4-6-11(7-10)28-3/h4-7H,8-9,19H2,1-3H3,(H,20,25). The van der Waals surface area contributed by atoms with Gasteiger partial charge in [0.1, 0.15) is 23.7 Å². The molecule has 0 saturated heterocycles. The number of Topliss-reactive ketones (excluding diaryl/α,β-unsaturated/α-hetero) is 1. The molecule has 0 aliphatic carbocycles. The van der Waals surface area contributed by atoms with E-state index in [4.69, 9.17) is 15.2 Å². The van der Waals surface area contributed by atoms with Gasteiger partial charge in [0, 0.05) is 19.7 Å². The van der Waals surface area contributed by atoms with Crippen molar-refractivity contribution in [3.63, 3.8) is 0 Å². The lowest BCUT2D eigenvalue weighted by Gasteiger charge is -2.11. The topological polar surface area (TPSA) is 152 Å². The Hall–Kier alpha value is -3.89. The summed E-state index contributed by atoms with van der Waals surface area (Å²) >= 11 is 0. The van der Waals surface area contributed by atoms with Crippen molar-refractivity contribution in [3.8, 4) is 5.75 Å². The number of aromatic nitrogens is 2. The van der Waals surface area contributed by atoms with E-state index in [2.05, 4.69) is 5.32 Å². The first kappa shape index (κ1) is 21.4. The third kappa shape index (κ3) is 4.69. The third-order valence-electron chi connectivity index (χ3n) is 4.08. The Morgan fingerprint density at radius 3 is 2.48 bits per heavy atom. The second-order valence-corrected chi connectivity index (χ2v) is 5.96. The van der Waals surface area contributed by atoms with Crippen LogP contribution >= 0.6 is 0 Å². The van der Waals surface area contributed by atoms with Gasteiger partial charge in [-0.3, -0.25) is 28.3 Å². The average Bonchev–Trinajstić information content (AvgIpc) is 2.73. The maximum absolute atomic E-state index is 12.2. The molecule has 0 unspecified atom stereocenters. The fraction of sp³-hybridized carbons (Fsp3) is 0.278. The van der Waals surface area contributed by atoms with Gasteiger partial charge in [-0.15, -0.1) is 0 Å². The number of hydrogen-bond acceptors (Lipinski definition) is 8. The maximum Gasteiger partial charge on any atom is 0.332 e. The zero-order valence-corrected chi connectivity index (χ0v) is 16.1. The van der Waals surface area contributed by atoms with Gasteiger partial charge in [-0.2, -0.15) is 0 Å². The molecular formula is C18H20N4O7. The Balaban J connectivity index is 1.98. The van der Waals surface area contributed by atoms with E-state index >= 15 is 0 Å². The SMILES string of the molecule is COc1cccc(C(=O)NCC(=O)OCC(=O)c2c(N)n(C)c(=O)n(C)c2=O)c1. The molecular weight excluding hydrogens is 384 g/mol. The highest BCUT2D eigenvalue weighted by atomic mass is 16.5. The zero-order valence-electron chi connectivity index (χ0n) is 16.1. The van der Waals surface area contributed by atoms with E-state index in [0.717, 1.165) is 9.13 Å². The molecule has 0 radical (unpaired) electrons. The van der Waals surface area contributed by atoms with Crippen molar-refractivity contribution in [1.29, 1.82) is 0 Å². The lowest BCUT2D eigenvalue weighted by atomic mass is 10.2. The number of nitrogens with one attached hydrogen (secondary N) is 1. The van der Waals surface area contributed by atoms with Crippen molar-refractivity contribution < 1.29 is 23.9 Å². The van der Waals surface area contributed by atoms with Gasteiger partial charge in [0.15, 0.2) is 6.61 Å². The van der Waals surface area contributed by atoms with Gasteiger partial charge in [0.2, 0.25) is 5.78 Å². The molecule has 154 valence electrons. The Morgan fingerprint density at radius 1 is 1.14 bits per heavy atom. The Kier molecular flexibility index (Phi) is 6.55. The number of esters is 1. The largest absolute Gasteiger partial charge is 0.497 e. The summed E-state index contributed by atoms with van der Waals surface area (Å²) in [6, 6.07) is 6.29. The Labute approximate surface area is 164 Å². The number of nitrogens with zero attached hydrogens (tertiary/aromatic N) is 2. The molecule has 3 N–H and O–H groups in total. The highest BCUT2D eigenvalue weighted by Gasteiger charge is 2.21. The molecule has 2 aromatic rings. The van der Waals surface area contributed by atoms with Gasteiger partial charge < -0.3 is 20.5 Å². The molecule has 1 amide bonds. The number of hydrogen-bond donors (Lipinski definition) is 2. The summed E-state index contributed by atoms with van der Waals surface area (Å²) in [6.07, 6.45) is 0. The number of ether oxygens (including phenoxy) is 2. The summed E-state index contributed by atoms with van der Waals surface area (Å²) in [5.74, 6) is -2.16. The highest BCUT2D eigenvalue weighted by molar-refractivity contribution is 6.01. The van der Waals surface area contributed by atoms with Gasteiger partial charge in [0.05, 0.1) is 7.11 Å². The Bertz CT molecular complexity index is 1080. The molecule has 0 saturated carbocycles. The van der Waals surface area contributed by atoms with Crippen LogP contribution in [0, 0.1) is 0 Å². The minimum Gasteiger partial charge on any atom is -0.497 e. The summed E-state index contributed by atoms with van der Waals surface area (Å²) in [5, 5.41) is 2.35. The predicted octanol–water partition coefficient (Wildman–Crippen LogP) is -1.17. The highest BCUT2D eigenvalue weighted by Crippen LogP contribution is 2.12. The fourth-order valence-electron chi connectivity index (χ4n) is 2.41. The normalized spacial score (nSPS) is 10.3. The number of ketones is 1. The number of carbonyl (C=O) groups excluding carboxylic acids is 3. The molecule has 29 heavy (non-hydrogen) atoms. The van der Waals surface area contributed by atoms with Crippen molar-refractivity contribution >= 4 is 23.5 Å². The molecule has 2 rings (SSSR count). The first-order chi connectivity index (χ1) is 13.7. The number of nitrogens with two attached hydrogens (primary N) is 1. The van der Waals surface area contributed by atoms with Gasteiger partial charge in [-0.1, -0.05) is 6.07 Å². The van der Waals surface area contributed by atoms with E-state index in [0.29, 0.717) is 5.75 Å². The maximum atomic E-state index is 12.2. The lowest BCUT2D eigenvalue weighted by molar-refractivity contribution is -0.141. The van der Waals surface area contributed by atoms with Crippen molar-refractivity contribution in [2.45, 2.75) is 0 Å². The molecule has 0 atom stereocenters. The van der Waals surface area contributed by atoms with Crippen LogP contribution in [-0.4, -0.2) is 47.1 Å². The van der Waals surface area contributed by atoms with Crippen molar-refractivity contribution in [2.24, 2.45) is 14.1 Å². The summed E-state index contributed by atoms with van der Waals surface area (Å²) < 4.78 is 11.5. The quantitative estimate of drug-likeness (QED) is 0.433. The number of methoxy groups -OCH3 is 1. The molecule has 0 bridgehead atoms. The smallest absolute Gasteiger partial charge is 0.332 e. The van der Waals surface area contributed by atoms with Gasteiger partial charge >= 0.3 is 11.7 Å². The van der Waals surface area contributed by atoms with E-state index in [1.54, 1.807) is 12.1 Å². The van der Waals surface area contributed by atoms with Crippen LogP contribution in [0.4, 0.5) is 5.82 Å². The van der Waals surface area contributed by atoms with Crippen molar-refractivity contribution in [2.75, 3.05) is 26.0 Å². The molecule has 0 spiro atoms. The minimum atomic E-state index is -0.894. The van der Waals surface area contributed by atoms with Gasteiger partial charge in [0.25, 0.3) is 11.5 Å². The van der Waals surface area contributed by atoms with Crippen LogP contribution in [0.1, 0.15) is 20.7 Å². The predicted molar refractivity (Wildman–Crippen MR) is 102 cm³/mol. The van der Waals surface area contributed by atoms with E-state index in [9.17, 15) is 24.0 Å². The molecule has 0 aliphatic heterocycles. The van der Waals surface area contributed by atoms with Crippen LogP contribution in [-0.2, 0) is 23.6 Å². The monoisotopic (exact) mass is 404 g/mol. The number of benzene rings is 1.